The Kier molecular flexibility index (Phi) is 2.82. The zero-order valence-electron chi connectivity index (χ0n) is 6.47. The second-order valence-electron chi connectivity index (χ2n) is 2.59. The molecule has 0 aliphatic rings. The van der Waals surface area contributed by atoms with Gasteiger partial charge in [-0.05, 0) is 0 Å². The van der Waals surface area contributed by atoms with Gasteiger partial charge in [-0.3, -0.25) is 0 Å². The first-order chi connectivity index (χ1) is 5.75. The van der Waals surface area contributed by atoms with Gasteiger partial charge < -0.3 is 5.11 Å². The van der Waals surface area contributed by atoms with Crippen molar-refractivity contribution in [2.45, 2.75) is 30.8 Å². The Bertz CT molecular complexity index is 171. The lowest BCUT2D eigenvalue weighted by molar-refractivity contribution is -0.414. The van der Waals surface area contributed by atoms with E-state index in [9.17, 15) is 35.1 Å². The summed E-state index contributed by atoms with van der Waals surface area (Å²) in [5.41, 5.74) is -6.30. The van der Waals surface area contributed by atoms with Crippen LogP contribution in [0, 0.1) is 0 Å². The molecule has 0 aliphatic heterocycles. The molecular weight excluding hydrogens is 228 g/mol. The molecule has 0 saturated carbocycles. The Labute approximate surface area is 72.3 Å². The van der Waals surface area contributed by atoms with Crippen LogP contribution in [0.5, 0.6) is 0 Å². The Balaban J connectivity index is 5.54. The molecule has 0 aliphatic carbocycles. The van der Waals surface area contributed by atoms with E-state index in [2.05, 4.69) is 0 Å². The summed E-state index contributed by atoms with van der Waals surface area (Å²) in [6.45, 7) is -0.704. The summed E-state index contributed by atoms with van der Waals surface area (Å²) in [5, 5.41) is 7.50. The summed E-state index contributed by atoms with van der Waals surface area (Å²) in [6.07, 6.45) is -12.8. The normalized spacial score (nSPS) is 19.3. The molecule has 0 rings (SSSR count). The van der Waals surface area contributed by atoms with Crippen LogP contribution in [0.2, 0.25) is 0 Å². The van der Waals surface area contributed by atoms with Gasteiger partial charge in [-0.2, -0.15) is 22.0 Å². The van der Waals surface area contributed by atoms with Gasteiger partial charge in [0.05, 0.1) is 0 Å². The van der Waals surface area contributed by atoms with E-state index < -0.39 is 30.8 Å². The van der Waals surface area contributed by atoms with Crippen LogP contribution >= 0.6 is 0 Å². The molecule has 0 aromatic rings. The third kappa shape index (κ3) is 1.77. The van der Waals surface area contributed by atoms with Crippen molar-refractivity contribution in [2.75, 3.05) is 0 Å². The first-order valence-electron chi connectivity index (χ1n) is 2.99. The van der Waals surface area contributed by atoms with Crippen LogP contribution < -0.4 is 0 Å². The monoisotopic (exact) mass is 232 g/mol. The van der Waals surface area contributed by atoms with Gasteiger partial charge in [0.2, 0.25) is 0 Å². The number of hydrogen-bond acceptors (Lipinski definition) is 1. The summed E-state index contributed by atoms with van der Waals surface area (Å²) < 4.78 is 94.8. The van der Waals surface area contributed by atoms with Crippen molar-refractivity contribution in [3.63, 3.8) is 0 Å². The molecule has 9 heteroatoms. The first kappa shape index (κ1) is 13.4. The number of halogens is 8. The van der Waals surface area contributed by atoms with Crippen LogP contribution in [0.3, 0.4) is 0 Å². The molecule has 0 aromatic heterocycles. The van der Waals surface area contributed by atoms with Crippen molar-refractivity contribution >= 4 is 0 Å². The minimum absolute atomic E-state index is 0.704. The number of aliphatic hydroxyl groups is 1. The minimum atomic E-state index is -6.59. The van der Waals surface area contributed by atoms with Crippen LogP contribution in [0.25, 0.3) is 0 Å². The lowest BCUT2D eigenvalue weighted by atomic mass is 9.97. The summed E-state index contributed by atoms with van der Waals surface area (Å²) in [4.78, 5) is 0. The SMILES string of the molecule is CC(F)(F)C(F)(C(O)(F)F)C(F)(F)F. The van der Waals surface area contributed by atoms with Crippen molar-refractivity contribution in [1.29, 1.82) is 0 Å². The summed E-state index contributed by atoms with van der Waals surface area (Å²) in [5.74, 6) is -5.47. The summed E-state index contributed by atoms with van der Waals surface area (Å²) in [6, 6.07) is 0. The third-order valence-electron chi connectivity index (χ3n) is 1.41. The highest BCUT2D eigenvalue weighted by Gasteiger charge is 2.81. The fourth-order valence-corrected chi connectivity index (χ4v) is 0.683. The quantitative estimate of drug-likeness (QED) is 0.725. The van der Waals surface area contributed by atoms with Gasteiger partial charge in [-0.15, -0.1) is 0 Å². The lowest BCUT2D eigenvalue weighted by Gasteiger charge is -2.35. The zero-order valence-corrected chi connectivity index (χ0v) is 6.47. The molecule has 0 bridgehead atoms. The van der Waals surface area contributed by atoms with Crippen LogP contribution in [0.15, 0.2) is 0 Å². The smallest absolute Gasteiger partial charge is 0.333 e. The summed E-state index contributed by atoms with van der Waals surface area (Å²) >= 11 is 0. The second kappa shape index (κ2) is 2.94. The molecule has 0 fully saturated rings. The predicted octanol–water partition coefficient (Wildman–Crippen LogP) is 2.50. The molecular formula is C5H4F8O. The van der Waals surface area contributed by atoms with E-state index in [1.165, 1.54) is 0 Å². The van der Waals surface area contributed by atoms with Gasteiger partial charge in [0.15, 0.2) is 0 Å². The highest BCUT2D eigenvalue weighted by Crippen LogP contribution is 2.52. The highest BCUT2D eigenvalue weighted by molar-refractivity contribution is 5.02. The average Bonchev–Trinajstić information content (AvgIpc) is 1.77. The van der Waals surface area contributed by atoms with E-state index in [0.29, 0.717) is 0 Å². The van der Waals surface area contributed by atoms with E-state index in [4.69, 9.17) is 5.11 Å². The van der Waals surface area contributed by atoms with Crippen molar-refractivity contribution in [3.05, 3.63) is 0 Å². The van der Waals surface area contributed by atoms with Crippen molar-refractivity contribution in [3.8, 4) is 0 Å². The predicted molar refractivity (Wildman–Crippen MR) is 27.7 cm³/mol. The fourth-order valence-electron chi connectivity index (χ4n) is 0.683. The molecule has 1 atom stereocenters. The lowest BCUT2D eigenvalue weighted by Crippen LogP contribution is -2.64. The van der Waals surface area contributed by atoms with E-state index in [-0.39, 0.29) is 0 Å². The molecule has 86 valence electrons. The zero-order chi connectivity index (χ0) is 12.0. The molecule has 1 unspecified atom stereocenters. The topological polar surface area (TPSA) is 20.2 Å². The second-order valence-corrected chi connectivity index (χ2v) is 2.59. The van der Waals surface area contributed by atoms with Gasteiger partial charge in [0.1, 0.15) is 0 Å². The molecule has 0 amide bonds. The standard InChI is InChI=1S/C5H4F8O/c1-2(6,7)3(8,4(9,10)11)5(12,13)14/h14H,1H3. The largest absolute Gasteiger partial charge is 0.437 e. The van der Waals surface area contributed by atoms with E-state index >= 15 is 0 Å². The van der Waals surface area contributed by atoms with Crippen molar-refractivity contribution < 1.29 is 40.2 Å². The number of rotatable bonds is 2. The van der Waals surface area contributed by atoms with Crippen LogP contribution in [0.1, 0.15) is 6.92 Å². The maximum atomic E-state index is 12.4. The molecule has 0 heterocycles. The molecule has 14 heavy (non-hydrogen) atoms. The molecule has 1 nitrogen and oxygen atoms in total. The van der Waals surface area contributed by atoms with Crippen LogP contribution in [-0.2, 0) is 0 Å². The molecule has 1 N–H and O–H groups in total. The Morgan fingerprint density at radius 3 is 1.07 bits per heavy atom. The van der Waals surface area contributed by atoms with Crippen molar-refractivity contribution in [2.24, 2.45) is 0 Å². The van der Waals surface area contributed by atoms with Gasteiger partial charge in [0, 0.05) is 6.92 Å². The fraction of sp³-hybridized carbons (Fsp3) is 1.00. The molecule has 0 spiro atoms. The Hall–Kier alpha value is -0.600. The van der Waals surface area contributed by atoms with Crippen LogP contribution in [-0.4, -0.2) is 29.0 Å². The van der Waals surface area contributed by atoms with Gasteiger partial charge in [-0.25, -0.2) is 13.2 Å². The minimum Gasteiger partial charge on any atom is -0.333 e. The molecule has 0 saturated heterocycles. The highest BCUT2D eigenvalue weighted by atomic mass is 19.4. The molecule has 0 aromatic carbocycles. The van der Waals surface area contributed by atoms with Gasteiger partial charge >= 0.3 is 18.0 Å². The maximum absolute atomic E-state index is 12.4. The Morgan fingerprint density at radius 1 is 0.786 bits per heavy atom. The Morgan fingerprint density at radius 2 is 1.07 bits per heavy atom. The summed E-state index contributed by atoms with van der Waals surface area (Å²) in [7, 11) is 0. The van der Waals surface area contributed by atoms with E-state index in [1.807, 2.05) is 0 Å². The van der Waals surface area contributed by atoms with Crippen LogP contribution in [0.4, 0.5) is 35.1 Å². The molecule has 0 radical (unpaired) electrons. The first-order valence-corrected chi connectivity index (χ1v) is 2.99. The van der Waals surface area contributed by atoms with Gasteiger partial charge in [0.25, 0.3) is 5.92 Å². The maximum Gasteiger partial charge on any atom is 0.437 e. The number of alkyl halides is 8. The number of hydrogen-bond donors (Lipinski definition) is 1. The van der Waals surface area contributed by atoms with Gasteiger partial charge in [-0.1, -0.05) is 0 Å². The average molecular weight is 232 g/mol. The van der Waals surface area contributed by atoms with E-state index in [1.54, 1.807) is 0 Å². The third-order valence-corrected chi connectivity index (χ3v) is 1.41. The van der Waals surface area contributed by atoms with E-state index in [0.717, 1.165) is 0 Å². The van der Waals surface area contributed by atoms with Crippen molar-refractivity contribution in [1.82, 2.24) is 0 Å².